The monoisotopic (exact) mass is 468 g/mol. The molecule has 2 saturated carbocycles. The highest BCUT2D eigenvalue weighted by Gasteiger charge is 2.68. The standard InChI is InChI=1S/C28H36O6/c1-16(29)33-22-13-19-25(2,3)21(30)8-11-26(19,4)18-7-10-27(5)20(28(18,22)6)14-23(31)34-24(27)17-9-12-32-15-17/h8-9,11-12,14-15,18-19,21-22,24,30H,7,10,13H2,1-6H3/t18-,19+,21+,22+,24+,26-,27-,28-/m0/s1. The Morgan fingerprint density at radius 1 is 1.18 bits per heavy atom. The summed E-state index contributed by atoms with van der Waals surface area (Å²) in [6.45, 7) is 12.3. The van der Waals surface area contributed by atoms with E-state index in [9.17, 15) is 14.7 Å². The zero-order chi connectivity index (χ0) is 24.7. The Balaban J connectivity index is 1.69. The average Bonchev–Trinajstić information content (AvgIpc) is 3.28. The summed E-state index contributed by atoms with van der Waals surface area (Å²) < 4.78 is 17.3. The molecule has 2 heterocycles. The molecule has 0 amide bonds. The van der Waals surface area contributed by atoms with Gasteiger partial charge in [0.15, 0.2) is 0 Å². The number of hydrogen-bond donors (Lipinski definition) is 1. The van der Waals surface area contributed by atoms with E-state index in [0.717, 1.165) is 24.0 Å². The highest BCUT2D eigenvalue weighted by atomic mass is 16.6. The number of fused-ring (bicyclic) bond motifs is 5. The molecule has 0 saturated heterocycles. The summed E-state index contributed by atoms with van der Waals surface area (Å²) in [5.41, 5.74) is 0.245. The van der Waals surface area contributed by atoms with E-state index >= 15 is 0 Å². The van der Waals surface area contributed by atoms with Crippen molar-refractivity contribution in [3.63, 3.8) is 0 Å². The normalized spacial score (nSPS) is 44.7. The van der Waals surface area contributed by atoms with E-state index in [-0.39, 0.29) is 34.6 Å². The van der Waals surface area contributed by atoms with Gasteiger partial charge < -0.3 is 19.0 Å². The third-order valence-corrected chi connectivity index (χ3v) is 10.0. The van der Waals surface area contributed by atoms with Crippen molar-refractivity contribution in [2.75, 3.05) is 0 Å². The van der Waals surface area contributed by atoms with Crippen LogP contribution in [-0.4, -0.2) is 29.3 Å². The van der Waals surface area contributed by atoms with Gasteiger partial charge in [-0.05, 0) is 53.6 Å². The molecule has 4 aliphatic rings. The van der Waals surface area contributed by atoms with Gasteiger partial charge in [-0.3, -0.25) is 4.79 Å². The van der Waals surface area contributed by atoms with Gasteiger partial charge in [-0.15, -0.1) is 0 Å². The second-order valence-corrected chi connectivity index (χ2v) is 12.1. The third kappa shape index (κ3) is 2.96. The Bertz CT molecular complexity index is 1070. The minimum absolute atomic E-state index is 0.118. The molecule has 8 atom stereocenters. The Morgan fingerprint density at radius 2 is 1.91 bits per heavy atom. The van der Waals surface area contributed by atoms with Crippen molar-refractivity contribution in [3.8, 4) is 0 Å². The number of ether oxygens (including phenoxy) is 2. The van der Waals surface area contributed by atoms with Crippen molar-refractivity contribution in [1.29, 1.82) is 0 Å². The van der Waals surface area contributed by atoms with E-state index in [4.69, 9.17) is 13.9 Å². The van der Waals surface area contributed by atoms with Crippen LogP contribution in [0.5, 0.6) is 0 Å². The average molecular weight is 469 g/mol. The molecule has 0 unspecified atom stereocenters. The number of furan rings is 1. The van der Waals surface area contributed by atoms with Gasteiger partial charge in [-0.25, -0.2) is 4.79 Å². The van der Waals surface area contributed by atoms with Crippen LogP contribution in [0.15, 0.2) is 46.8 Å². The van der Waals surface area contributed by atoms with Crippen LogP contribution >= 0.6 is 0 Å². The molecule has 2 fully saturated rings. The van der Waals surface area contributed by atoms with Gasteiger partial charge in [0.1, 0.15) is 12.2 Å². The lowest BCUT2D eigenvalue weighted by molar-refractivity contribution is -0.201. The summed E-state index contributed by atoms with van der Waals surface area (Å²) >= 11 is 0. The van der Waals surface area contributed by atoms with Crippen LogP contribution in [0, 0.1) is 33.5 Å². The van der Waals surface area contributed by atoms with E-state index in [1.54, 1.807) is 18.6 Å². The van der Waals surface area contributed by atoms with Crippen molar-refractivity contribution in [2.45, 2.75) is 79.1 Å². The molecule has 0 aromatic carbocycles. The first-order chi connectivity index (χ1) is 15.8. The molecular weight excluding hydrogens is 432 g/mol. The molecule has 3 aliphatic carbocycles. The highest BCUT2D eigenvalue weighted by molar-refractivity contribution is 5.85. The van der Waals surface area contributed by atoms with Crippen LogP contribution in [0.4, 0.5) is 0 Å². The number of allylic oxidation sites excluding steroid dienone is 1. The lowest BCUT2D eigenvalue weighted by Gasteiger charge is -2.68. The van der Waals surface area contributed by atoms with Crippen LogP contribution in [-0.2, 0) is 19.1 Å². The first kappa shape index (κ1) is 23.4. The predicted octanol–water partition coefficient (Wildman–Crippen LogP) is 5.14. The van der Waals surface area contributed by atoms with Gasteiger partial charge in [0.25, 0.3) is 0 Å². The van der Waals surface area contributed by atoms with Crippen LogP contribution in [0.25, 0.3) is 0 Å². The molecule has 6 heteroatoms. The number of carbonyl (C=O) groups excluding carboxylic acids is 2. The first-order valence-electron chi connectivity index (χ1n) is 12.3. The number of cyclic esters (lactones) is 1. The van der Waals surface area contributed by atoms with Crippen molar-refractivity contribution in [3.05, 3.63) is 48.0 Å². The van der Waals surface area contributed by atoms with Gasteiger partial charge in [0.2, 0.25) is 0 Å². The van der Waals surface area contributed by atoms with Crippen molar-refractivity contribution < 1.29 is 28.6 Å². The maximum Gasteiger partial charge on any atom is 0.331 e. The zero-order valence-electron chi connectivity index (χ0n) is 21.0. The Hall–Kier alpha value is -2.34. The molecule has 184 valence electrons. The highest BCUT2D eigenvalue weighted by Crippen LogP contribution is 2.72. The number of hydrogen-bond acceptors (Lipinski definition) is 6. The maximum atomic E-state index is 12.9. The fourth-order valence-electron chi connectivity index (χ4n) is 8.30. The smallest absolute Gasteiger partial charge is 0.331 e. The maximum absolute atomic E-state index is 12.9. The molecule has 0 bridgehead atoms. The Kier molecular flexibility index (Phi) is 5.05. The minimum atomic E-state index is -0.561. The van der Waals surface area contributed by atoms with E-state index in [1.165, 1.54) is 6.92 Å². The van der Waals surface area contributed by atoms with E-state index in [1.807, 2.05) is 12.1 Å². The summed E-state index contributed by atoms with van der Waals surface area (Å²) in [7, 11) is 0. The molecule has 0 spiro atoms. The Labute approximate surface area is 201 Å². The Morgan fingerprint density at radius 3 is 2.56 bits per heavy atom. The van der Waals surface area contributed by atoms with Crippen molar-refractivity contribution in [2.24, 2.45) is 33.5 Å². The van der Waals surface area contributed by atoms with E-state index < -0.39 is 29.1 Å². The predicted molar refractivity (Wildman–Crippen MR) is 125 cm³/mol. The fraction of sp³-hybridized carbons (Fsp3) is 0.643. The van der Waals surface area contributed by atoms with Crippen molar-refractivity contribution >= 4 is 11.9 Å². The summed E-state index contributed by atoms with van der Waals surface area (Å²) in [6.07, 6.45) is 9.95. The quantitative estimate of drug-likeness (QED) is 0.478. The fourth-order valence-corrected chi connectivity index (χ4v) is 8.30. The topological polar surface area (TPSA) is 86.0 Å². The van der Waals surface area contributed by atoms with Crippen LogP contribution in [0.2, 0.25) is 0 Å². The second kappa shape index (κ2) is 7.33. The van der Waals surface area contributed by atoms with Crippen LogP contribution in [0.1, 0.15) is 72.5 Å². The third-order valence-electron chi connectivity index (χ3n) is 10.0. The molecule has 1 aromatic rings. The van der Waals surface area contributed by atoms with Gasteiger partial charge in [0, 0.05) is 29.4 Å². The first-order valence-corrected chi connectivity index (χ1v) is 12.3. The number of aliphatic hydroxyl groups excluding tert-OH is 1. The summed E-state index contributed by atoms with van der Waals surface area (Å²) in [6, 6.07) is 1.86. The van der Waals surface area contributed by atoms with Gasteiger partial charge in [-0.2, -0.15) is 0 Å². The summed E-state index contributed by atoms with van der Waals surface area (Å²) in [4.78, 5) is 25.3. The summed E-state index contributed by atoms with van der Waals surface area (Å²) in [5.74, 6) is -0.450. The van der Waals surface area contributed by atoms with Crippen LogP contribution in [0.3, 0.4) is 0 Å². The second-order valence-electron chi connectivity index (χ2n) is 12.1. The number of aliphatic hydroxyl groups is 1. The molecule has 1 aromatic heterocycles. The number of carbonyl (C=O) groups is 2. The number of rotatable bonds is 2. The lowest BCUT2D eigenvalue weighted by atomic mass is 9.38. The molecule has 34 heavy (non-hydrogen) atoms. The molecular formula is C28H36O6. The van der Waals surface area contributed by atoms with E-state index in [0.29, 0.717) is 6.42 Å². The molecule has 6 nitrogen and oxygen atoms in total. The summed E-state index contributed by atoms with van der Waals surface area (Å²) in [5, 5.41) is 10.8. The van der Waals surface area contributed by atoms with Gasteiger partial charge in [-0.1, -0.05) is 46.8 Å². The molecule has 1 N–H and O–H groups in total. The van der Waals surface area contributed by atoms with E-state index in [2.05, 4.69) is 40.7 Å². The molecule has 1 aliphatic heterocycles. The number of esters is 2. The van der Waals surface area contributed by atoms with Crippen LogP contribution < -0.4 is 0 Å². The minimum Gasteiger partial charge on any atom is -0.472 e. The lowest BCUT2D eigenvalue weighted by Crippen LogP contribution is -2.65. The molecule has 0 radical (unpaired) electrons. The van der Waals surface area contributed by atoms with Gasteiger partial charge >= 0.3 is 11.9 Å². The van der Waals surface area contributed by atoms with Gasteiger partial charge in [0.05, 0.1) is 18.6 Å². The zero-order valence-corrected chi connectivity index (χ0v) is 21.0. The molecule has 5 rings (SSSR count). The SMILES string of the molecule is CC(=O)O[C@@H]1C[C@@H]2C(C)(C)[C@H](O)C=C[C@@]2(C)[C@@H]2CC[C@@]3(C)C(=CC(=O)O[C@@H]3c3ccoc3)[C@@]12C. The largest absolute Gasteiger partial charge is 0.472 e. The van der Waals surface area contributed by atoms with Crippen molar-refractivity contribution in [1.82, 2.24) is 0 Å².